The van der Waals surface area contributed by atoms with Gasteiger partial charge in [-0.1, -0.05) is 13.3 Å². The third kappa shape index (κ3) is 4.68. The molecule has 1 aromatic heterocycles. The maximum absolute atomic E-state index is 12.1. The molecule has 21 heavy (non-hydrogen) atoms. The molecular weight excluding hydrogens is 288 g/mol. The van der Waals surface area contributed by atoms with E-state index in [0.717, 1.165) is 25.6 Å². The summed E-state index contributed by atoms with van der Waals surface area (Å²) in [5, 5.41) is 0. The zero-order chi connectivity index (χ0) is 15.3. The van der Waals surface area contributed by atoms with Gasteiger partial charge in [-0.3, -0.25) is 4.79 Å². The van der Waals surface area contributed by atoms with Crippen molar-refractivity contribution in [1.82, 2.24) is 9.88 Å². The molecule has 0 spiro atoms. The van der Waals surface area contributed by atoms with E-state index < -0.39 is 9.84 Å². The minimum absolute atomic E-state index is 0.132. The van der Waals surface area contributed by atoms with Crippen LogP contribution in [-0.2, 0) is 9.84 Å². The monoisotopic (exact) mass is 312 g/mol. The molecule has 0 unspecified atom stereocenters. The highest BCUT2D eigenvalue weighted by atomic mass is 32.2. The predicted octanol–water partition coefficient (Wildman–Crippen LogP) is 1.66. The van der Waals surface area contributed by atoms with Gasteiger partial charge in [0.25, 0.3) is 0 Å². The topological polar surface area (TPSA) is 70.2 Å². The first-order valence-corrected chi connectivity index (χ1v) is 9.30. The summed E-state index contributed by atoms with van der Waals surface area (Å²) in [6.45, 7) is 5.23. The van der Waals surface area contributed by atoms with Gasteiger partial charge >= 0.3 is 0 Å². The number of nitrogens with zero attached hydrogens (tertiary/aromatic N) is 1. The van der Waals surface area contributed by atoms with Gasteiger partial charge in [0.1, 0.15) is 0 Å². The number of hydrogen-bond donors (Lipinski definition) is 1. The van der Waals surface area contributed by atoms with Crippen molar-refractivity contribution in [2.24, 2.45) is 5.92 Å². The smallest absolute Gasteiger partial charge is 0.247 e. The van der Waals surface area contributed by atoms with Crippen LogP contribution in [0.3, 0.4) is 0 Å². The molecule has 1 fully saturated rings. The van der Waals surface area contributed by atoms with Gasteiger partial charge in [-0.2, -0.15) is 0 Å². The Morgan fingerprint density at radius 3 is 2.57 bits per heavy atom. The highest BCUT2D eigenvalue weighted by molar-refractivity contribution is 7.91. The summed E-state index contributed by atoms with van der Waals surface area (Å²) < 4.78 is 24.3. The van der Waals surface area contributed by atoms with E-state index in [4.69, 9.17) is 0 Å². The fraction of sp³-hybridized carbons (Fsp3) is 0.667. The quantitative estimate of drug-likeness (QED) is 0.867. The Balaban J connectivity index is 1.80. The molecule has 1 aromatic rings. The highest BCUT2D eigenvalue weighted by Gasteiger charge is 2.19. The van der Waals surface area contributed by atoms with Gasteiger partial charge < -0.3 is 9.88 Å². The molecule has 1 N–H and O–H groups in total. The van der Waals surface area contributed by atoms with E-state index in [1.54, 1.807) is 0 Å². The molecule has 0 aromatic carbocycles. The molecule has 1 aliphatic heterocycles. The summed E-state index contributed by atoms with van der Waals surface area (Å²) in [6.07, 6.45) is 5.61. The van der Waals surface area contributed by atoms with Crippen LogP contribution < -0.4 is 5.56 Å². The van der Waals surface area contributed by atoms with Crippen LogP contribution in [0.2, 0.25) is 0 Å². The molecule has 0 saturated carbocycles. The molecule has 2 rings (SSSR count). The Morgan fingerprint density at radius 2 is 2.00 bits per heavy atom. The molecule has 0 radical (unpaired) electrons. The summed E-state index contributed by atoms with van der Waals surface area (Å²) in [6, 6.07) is 2.63. The lowest BCUT2D eigenvalue weighted by Crippen LogP contribution is -2.34. The van der Waals surface area contributed by atoms with Gasteiger partial charge in [0.15, 0.2) is 9.84 Å². The molecule has 6 heteroatoms. The zero-order valence-corrected chi connectivity index (χ0v) is 13.4. The molecule has 0 bridgehead atoms. The molecule has 1 saturated heterocycles. The largest absolute Gasteiger partial charge is 0.328 e. The molecule has 0 aliphatic carbocycles. The second-order valence-electron chi connectivity index (χ2n) is 5.75. The van der Waals surface area contributed by atoms with Crippen LogP contribution in [0.5, 0.6) is 0 Å². The average Bonchev–Trinajstić information content (AvgIpc) is 2.48. The molecule has 2 heterocycles. The number of aromatic nitrogens is 1. The predicted molar refractivity (Wildman–Crippen MR) is 83.2 cm³/mol. The molecule has 5 nitrogen and oxygen atoms in total. The first-order valence-electron chi connectivity index (χ1n) is 7.65. The van der Waals surface area contributed by atoms with E-state index in [1.807, 2.05) is 0 Å². The third-order valence-electron chi connectivity index (χ3n) is 4.29. The summed E-state index contributed by atoms with van der Waals surface area (Å²) in [7, 11) is -3.29. The number of rotatable bonds is 6. The summed E-state index contributed by atoms with van der Waals surface area (Å²) in [5.41, 5.74) is -0.284. The van der Waals surface area contributed by atoms with Crippen LogP contribution >= 0.6 is 0 Å². The van der Waals surface area contributed by atoms with E-state index in [2.05, 4.69) is 16.8 Å². The van der Waals surface area contributed by atoms with Gasteiger partial charge in [0, 0.05) is 12.3 Å². The number of piperidine rings is 1. The van der Waals surface area contributed by atoms with Crippen molar-refractivity contribution in [1.29, 1.82) is 0 Å². The SMILES string of the molecule is CCC1CCN(CCCS(=O)(=O)c2ccc(=O)[nH]c2)CC1. The van der Waals surface area contributed by atoms with Crippen LogP contribution in [-0.4, -0.2) is 43.7 Å². The van der Waals surface area contributed by atoms with Crippen LogP contribution in [0.1, 0.15) is 32.6 Å². The van der Waals surface area contributed by atoms with E-state index >= 15 is 0 Å². The number of aromatic amines is 1. The number of H-pyrrole nitrogens is 1. The molecule has 118 valence electrons. The van der Waals surface area contributed by atoms with Gasteiger partial charge in [0.05, 0.1) is 10.6 Å². The van der Waals surface area contributed by atoms with Gasteiger partial charge in [-0.05, 0) is 50.9 Å². The first-order chi connectivity index (χ1) is 10.0. The summed E-state index contributed by atoms with van der Waals surface area (Å²) in [4.78, 5) is 15.9. The summed E-state index contributed by atoms with van der Waals surface area (Å²) in [5.74, 6) is 0.971. The number of pyridine rings is 1. The van der Waals surface area contributed by atoms with Crippen LogP contribution in [0.25, 0.3) is 0 Å². The highest BCUT2D eigenvalue weighted by Crippen LogP contribution is 2.20. The second-order valence-corrected chi connectivity index (χ2v) is 7.86. The van der Waals surface area contributed by atoms with E-state index in [9.17, 15) is 13.2 Å². The Hall–Kier alpha value is -1.14. The van der Waals surface area contributed by atoms with Crippen LogP contribution in [0, 0.1) is 5.92 Å². The number of hydrogen-bond acceptors (Lipinski definition) is 4. The minimum atomic E-state index is -3.29. The van der Waals surface area contributed by atoms with Crippen molar-refractivity contribution < 1.29 is 8.42 Å². The molecule has 1 aliphatic rings. The standard InChI is InChI=1S/C15H24N2O3S/c1-2-13-6-9-17(10-7-13)8-3-11-21(19,20)14-4-5-15(18)16-12-14/h4-5,12-13H,2-3,6-11H2,1H3,(H,16,18). The zero-order valence-electron chi connectivity index (χ0n) is 12.5. The fourth-order valence-corrected chi connectivity index (χ4v) is 4.06. The van der Waals surface area contributed by atoms with Crippen LogP contribution in [0.4, 0.5) is 0 Å². The van der Waals surface area contributed by atoms with E-state index in [0.29, 0.717) is 6.42 Å². The van der Waals surface area contributed by atoms with Crippen molar-refractivity contribution in [3.8, 4) is 0 Å². The Morgan fingerprint density at radius 1 is 1.29 bits per heavy atom. The number of likely N-dealkylation sites (tertiary alicyclic amines) is 1. The number of nitrogens with one attached hydrogen (secondary N) is 1. The maximum atomic E-state index is 12.1. The Kier molecular flexibility index (Phi) is 5.58. The Labute approximate surface area is 126 Å². The van der Waals surface area contributed by atoms with E-state index in [1.165, 1.54) is 37.6 Å². The summed E-state index contributed by atoms with van der Waals surface area (Å²) >= 11 is 0. The van der Waals surface area contributed by atoms with Crippen molar-refractivity contribution in [3.63, 3.8) is 0 Å². The van der Waals surface area contributed by atoms with Gasteiger partial charge in [-0.25, -0.2) is 8.42 Å². The molecule has 0 amide bonds. The average molecular weight is 312 g/mol. The second kappa shape index (κ2) is 7.22. The van der Waals surface area contributed by atoms with Crippen molar-refractivity contribution in [3.05, 3.63) is 28.7 Å². The lowest BCUT2D eigenvalue weighted by Gasteiger charge is -2.31. The van der Waals surface area contributed by atoms with Crippen molar-refractivity contribution in [2.45, 2.75) is 37.5 Å². The van der Waals surface area contributed by atoms with Gasteiger partial charge in [0.2, 0.25) is 5.56 Å². The first kappa shape index (κ1) is 16.2. The lowest BCUT2D eigenvalue weighted by atomic mass is 9.94. The van der Waals surface area contributed by atoms with Crippen molar-refractivity contribution >= 4 is 9.84 Å². The number of sulfone groups is 1. The molecule has 0 atom stereocenters. The Bertz CT molecular complexity index is 581. The van der Waals surface area contributed by atoms with E-state index in [-0.39, 0.29) is 16.2 Å². The molecular formula is C15H24N2O3S. The lowest BCUT2D eigenvalue weighted by molar-refractivity contribution is 0.182. The fourth-order valence-electron chi connectivity index (χ4n) is 2.80. The maximum Gasteiger partial charge on any atom is 0.247 e. The van der Waals surface area contributed by atoms with Crippen molar-refractivity contribution in [2.75, 3.05) is 25.4 Å². The van der Waals surface area contributed by atoms with Crippen LogP contribution in [0.15, 0.2) is 28.0 Å². The minimum Gasteiger partial charge on any atom is -0.328 e. The normalized spacial score (nSPS) is 18.0. The third-order valence-corrected chi connectivity index (χ3v) is 6.08. The van der Waals surface area contributed by atoms with Gasteiger partial charge in [-0.15, -0.1) is 0 Å².